The van der Waals surface area contributed by atoms with Gasteiger partial charge in [0.2, 0.25) is 5.82 Å². The lowest BCUT2D eigenvalue weighted by atomic mass is 9.82. The highest BCUT2D eigenvalue weighted by Gasteiger charge is 2.24. The number of hydrogen-bond donors (Lipinski definition) is 2. The van der Waals surface area contributed by atoms with Crippen LogP contribution in [0.4, 0.5) is 5.82 Å². The molecule has 2 aromatic rings. The topological polar surface area (TPSA) is 149 Å². The van der Waals surface area contributed by atoms with Crippen LogP contribution in [0.2, 0.25) is 0 Å². The molecule has 1 fully saturated rings. The summed E-state index contributed by atoms with van der Waals surface area (Å²) < 4.78 is 19.4. The van der Waals surface area contributed by atoms with Crippen LogP contribution in [0.5, 0.6) is 5.88 Å². The molecule has 0 spiro atoms. The lowest BCUT2D eigenvalue weighted by molar-refractivity contribution is -0.763. The Hall–Kier alpha value is -3.03. The Morgan fingerprint density at radius 2 is 2.09 bits per heavy atom. The SMILES string of the molecule is CC(C)(C)c1cc(CO[N+](=O)[O-])ccc1C(=O)NC[C@H](O)COc1nsnc1N1CCOCC1. The zero-order valence-electron chi connectivity index (χ0n) is 19.4. The Morgan fingerprint density at radius 3 is 2.76 bits per heavy atom. The second-order valence-corrected chi connectivity index (χ2v) is 9.32. The molecule has 2 heterocycles. The van der Waals surface area contributed by atoms with Crippen LogP contribution in [0.15, 0.2) is 18.2 Å². The summed E-state index contributed by atoms with van der Waals surface area (Å²) in [6.07, 6.45) is -0.964. The van der Waals surface area contributed by atoms with Crippen molar-refractivity contribution in [3.63, 3.8) is 0 Å². The van der Waals surface area contributed by atoms with Crippen molar-refractivity contribution in [3.05, 3.63) is 45.0 Å². The predicted octanol–water partition coefficient (Wildman–Crippen LogP) is 1.55. The molecule has 3 rings (SSSR count). The maximum atomic E-state index is 12.8. The van der Waals surface area contributed by atoms with Gasteiger partial charge in [-0.2, -0.15) is 4.37 Å². The van der Waals surface area contributed by atoms with Crippen molar-refractivity contribution in [3.8, 4) is 5.88 Å². The zero-order valence-corrected chi connectivity index (χ0v) is 20.2. The third kappa shape index (κ3) is 6.98. The van der Waals surface area contributed by atoms with E-state index < -0.39 is 16.6 Å². The number of anilines is 1. The fourth-order valence-corrected chi connectivity index (χ4v) is 3.92. The van der Waals surface area contributed by atoms with E-state index in [0.717, 1.165) is 11.7 Å². The Morgan fingerprint density at radius 1 is 1.35 bits per heavy atom. The number of rotatable bonds is 10. The van der Waals surface area contributed by atoms with Crippen LogP contribution in [0.25, 0.3) is 0 Å². The summed E-state index contributed by atoms with van der Waals surface area (Å²) in [6.45, 7) is 8.10. The van der Waals surface area contributed by atoms with E-state index in [1.54, 1.807) is 18.2 Å². The number of aliphatic hydroxyl groups is 1. The third-order valence-corrected chi connectivity index (χ3v) is 5.64. The average molecular weight is 496 g/mol. The molecule has 0 unspecified atom stereocenters. The van der Waals surface area contributed by atoms with E-state index >= 15 is 0 Å². The number of amides is 1. The fraction of sp³-hybridized carbons (Fsp3) is 0.571. The maximum absolute atomic E-state index is 12.8. The molecule has 0 aliphatic carbocycles. The van der Waals surface area contributed by atoms with Gasteiger partial charge >= 0.3 is 0 Å². The first kappa shape index (κ1) is 25.6. The van der Waals surface area contributed by atoms with E-state index in [1.165, 1.54) is 0 Å². The van der Waals surface area contributed by atoms with Crippen LogP contribution in [-0.4, -0.2) is 70.4 Å². The summed E-state index contributed by atoms with van der Waals surface area (Å²) in [4.78, 5) is 29.8. The van der Waals surface area contributed by atoms with E-state index in [4.69, 9.17) is 9.47 Å². The molecule has 2 N–H and O–H groups in total. The van der Waals surface area contributed by atoms with Gasteiger partial charge in [0.15, 0.2) is 0 Å². The van der Waals surface area contributed by atoms with E-state index in [9.17, 15) is 20.0 Å². The van der Waals surface area contributed by atoms with Crippen molar-refractivity contribution in [2.24, 2.45) is 0 Å². The molecule has 1 aliphatic heterocycles. The van der Waals surface area contributed by atoms with Gasteiger partial charge in [0.1, 0.15) is 19.3 Å². The quantitative estimate of drug-likeness (QED) is 0.367. The smallest absolute Gasteiger partial charge is 0.294 e. The van der Waals surface area contributed by atoms with Crippen molar-refractivity contribution in [1.29, 1.82) is 0 Å². The number of benzene rings is 1. The van der Waals surface area contributed by atoms with Gasteiger partial charge in [-0.1, -0.05) is 32.9 Å². The lowest BCUT2D eigenvalue weighted by Crippen LogP contribution is -2.37. The molecule has 13 heteroatoms. The zero-order chi connectivity index (χ0) is 24.7. The van der Waals surface area contributed by atoms with E-state index in [0.29, 0.717) is 54.7 Å². The molecular formula is C21H29N5O7S. The monoisotopic (exact) mass is 495 g/mol. The van der Waals surface area contributed by atoms with Gasteiger partial charge in [-0.3, -0.25) is 4.79 Å². The average Bonchev–Trinajstić information content (AvgIpc) is 3.28. The molecule has 0 radical (unpaired) electrons. The predicted molar refractivity (Wildman–Crippen MR) is 124 cm³/mol. The molecule has 0 bridgehead atoms. The van der Waals surface area contributed by atoms with Crippen molar-refractivity contribution in [1.82, 2.24) is 14.1 Å². The first-order valence-corrected chi connectivity index (χ1v) is 11.5. The Balaban J connectivity index is 1.57. The minimum Gasteiger partial charge on any atom is -0.472 e. The molecule has 1 saturated heterocycles. The normalized spacial score (nSPS) is 15.0. The fourth-order valence-electron chi connectivity index (χ4n) is 3.40. The summed E-state index contributed by atoms with van der Waals surface area (Å²) in [6, 6.07) is 4.93. The number of aliphatic hydroxyl groups excluding tert-OH is 1. The summed E-state index contributed by atoms with van der Waals surface area (Å²) >= 11 is 1.03. The number of carbonyl (C=O) groups excluding carboxylic acids is 1. The first-order valence-electron chi connectivity index (χ1n) is 10.8. The summed E-state index contributed by atoms with van der Waals surface area (Å²) in [5.41, 5.74) is 1.32. The number of hydrogen-bond acceptors (Lipinski definition) is 11. The molecule has 1 aromatic carbocycles. The maximum Gasteiger partial charge on any atom is 0.294 e. The molecule has 1 aliphatic rings. The van der Waals surface area contributed by atoms with Crippen LogP contribution in [0.1, 0.15) is 42.3 Å². The van der Waals surface area contributed by atoms with Gasteiger partial charge in [0, 0.05) is 25.2 Å². The summed E-state index contributed by atoms with van der Waals surface area (Å²) in [5.74, 6) is 0.607. The van der Waals surface area contributed by atoms with Crippen molar-refractivity contribution >= 4 is 23.5 Å². The largest absolute Gasteiger partial charge is 0.472 e. The van der Waals surface area contributed by atoms with E-state index in [1.807, 2.05) is 25.7 Å². The minimum atomic E-state index is -0.964. The highest BCUT2D eigenvalue weighted by molar-refractivity contribution is 6.99. The second kappa shape index (κ2) is 11.4. The van der Waals surface area contributed by atoms with Gasteiger partial charge in [0.05, 0.1) is 24.9 Å². The molecule has 1 aromatic heterocycles. The van der Waals surface area contributed by atoms with Crippen molar-refractivity contribution in [2.75, 3.05) is 44.4 Å². The van der Waals surface area contributed by atoms with Crippen LogP contribution in [0, 0.1) is 10.1 Å². The Labute approximate surface area is 201 Å². The number of aromatic nitrogens is 2. The number of morpholine rings is 1. The molecule has 1 amide bonds. The second-order valence-electron chi connectivity index (χ2n) is 8.79. The minimum absolute atomic E-state index is 0.0287. The van der Waals surface area contributed by atoms with E-state index in [2.05, 4.69) is 18.9 Å². The first-order chi connectivity index (χ1) is 16.1. The molecular weight excluding hydrogens is 466 g/mol. The van der Waals surface area contributed by atoms with Gasteiger partial charge < -0.3 is 29.6 Å². The summed E-state index contributed by atoms with van der Waals surface area (Å²) in [5, 5.41) is 22.7. The third-order valence-electron chi connectivity index (χ3n) is 5.14. The summed E-state index contributed by atoms with van der Waals surface area (Å²) in [7, 11) is 0. The highest BCUT2D eigenvalue weighted by Crippen LogP contribution is 2.28. The van der Waals surface area contributed by atoms with E-state index in [-0.39, 0.29) is 25.7 Å². The Kier molecular flexibility index (Phi) is 8.58. The van der Waals surface area contributed by atoms with Gasteiger partial charge in [0.25, 0.3) is 16.9 Å². The van der Waals surface area contributed by atoms with Crippen LogP contribution < -0.4 is 15.0 Å². The number of nitrogens with one attached hydrogen (secondary N) is 1. The highest BCUT2D eigenvalue weighted by atomic mass is 32.1. The van der Waals surface area contributed by atoms with Gasteiger partial charge in [-0.25, -0.2) is 0 Å². The van der Waals surface area contributed by atoms with Crippen LogP contribution >= 0.6 is 11.7 Å². The number of carbonyl (C=O) groups is 1. The van der Waals surface area contributed by atoms with Crippen molar-refractivity contribution < 1.29 is 29.3 Å². The van der Waals surface area contributed by atoms with Gasteiger partial charge in [-0.05, 0) is 22.6 Å². The molecule has 12 nitrogen and oxygen atoms in total. The lowest BCUT2D eigenvalue weighted by Gasteiger charge is -2.27. The molecule has 1 atom stereocenters. The standard InChI is InChI=1S/C21H29N5O7S/c1-21(2,3)17-10-14(12-33-26(29)30)4-5-16(17)19(28)22-11-15(27)13-32-20-18(23-34-24-20)25-6-8-31-9-7-25/h4-5,10,15,27H,6-9,11-13H2,1-3H3,(H,22,28)/t15-/m0/s1. The molecule has 0 saturated carbocycles. The molecule has 186 valence electrons. The number of ether oxygens (including phenoxy) is 2. The van der Waals surface area contributed by atoms with Crippen LogP contribution in [0.3, 0.4) is 0 Å². The Bertz CT molecular complexity index is 988. The van der Waals surface area contributed by atoms with Crippen molar-refractivity contribution in [2.45, 2.75) is 38.9 Å². The van der Waals surface area contributed by atoms with Gasteiger partial charge in [-0.15, -0.1) is 14.5 Å². The molecule has 34 heavy (non-hydrogen) atoms. The van der Waals surface area contributed by atoms with Crippen LogP contribution in [-0.2, 0) is 21.6 Å². The number of nitrogens with zero attached hydrogens (tertiary/aromatic N) is 4.